The summed E-state index contributed by atoms with van der Waals surface area (Å²) in [6.07, 6.45) is 3.73. The SMILES string of the molecule is COC(=O)c1ccc2c(=O)[nH]c(/C(Cl)=C/c3ccc(SC)cc3)nc2c1. The highest BCUT2D eigenvalue weighted by Crippen LogP contribution is 2.22. The van der Waals surface area contributed by atoms with E-state index < -0.39 is 5.97 Å². The Kier molecular flexibility index (Phi) is 5.44. The number of halogens is 1. The van der Waals surface area contributed by atoms with Crippen LogP contribution in [0.15, 0.2) is 52.2 Å². The molecule has 0 bridgehead atoms. The number of nitrogens with zero attached hydrogens (tertiary/aromatic N) is 1. The molecule has 0 aliphatic rings. The number of carbonyl (C=O) groups excluding carboxylic acids is 1. The number of H-pyrrole nitrogens is 1. The predicted octanol–water partition coefficient (Wildman–Crippen LogP) is 4.17. The van der Waals surface area contributed by atoms with Crippen molar-refractivity contribution in [3.8, 4) is 0 Å². The summed E-state index contributed by atoms with van der Waals surface area (Å²) >= 11 is 8.00. The molecule has 1 aromatic heterocycles. The van der Waals surface area contributed by atoms with Crippen LogP contribution in [0, 0.1) is 0 Å². The lowest BCUT2D eigenvalue weighted by Crippen LogP contribution is -2.11. The van der Waals surface area contributed by atoms with E-state index in [0.29, 0.717) is 21.5 Å². The summed E-state index contributed by atoms with van der Waals surface area (Å²) in [4.78, 5) is 32.2. The molecule has 0 radical (unpaired) electrons. The Labute approximate surface area is 159 Å². The molecular formula is C19H15ClN2O3S. The number of esters is 1. The van der Waals surface area contributed by atoms with Crippen LogP contribution in [0.5, 0.6) is 0 Å². The number of fused-ring (bicyclic) bond motifs is 1. The van der Waals surface area contributed by atoms with E-state index in [0.717, 1.165) is 10.5 Å². The minimum absolute atomic E-state index is 0.236. The van der Waals surface area contributed by atoms with Gasteiger partial charge in [0, 0.05) is 4.90 Å². The molecular weight excluding hydrogens is 372 g/mol. The number of thioether (sulfide) groups is 1. The van der Waals surface area contributed by atoms with Gasteiger partial charge in [-0.2, -0.15) is 0 Å². The fraction of sp³-hybridized carbons (Fsp3) is 0.105. The van der Waals surface area contributed by atoms with Crippen LogP contribution in [0.3, 0.4) is 0 Å². The highest BCUT2D eigenvalue weighted by atomic mass is 35.5. The van der Waals surface area contributed by atoms with Gasteiger partial charge in [0.15, 0.2) is 5.82 Å². The number of aromatic nitrogens is 2. The second-order valence-electron chi connectivity index (χ2n) is 5.40. The van der Waals surface area contributed by atoms with Crippen molar-refractivity contribution in [3.05, 3.63) is 69.8 Å². The molecule has 26 heavy (non-hydrogen) atoms. The largest absolute Gasteiger partial charge is 0.465 e. The van der Waals surface area contributed by atoms with Crippen molar-refractivity contribution in [2.45, 2.75) is 4.90 Å². The lowest BCUT2D eigenvalue weighted by molar-refractivity contribution is 0.0601. The van der Waals surface area contributed by atoms with Gasteiger partial charge in [-0.25, -0.2) is 9.78 Å². The molecule has 1 heterocycles. The molecule has 5 nitrogen and oxygen atoms in total. The highest BCUT2D eigenvalue weighted by molar-refractivity contribution is 7.98. The molecule has 1 N–H and O–H groups in total. The van der Waals surface area contributed by atoms with Gasteiger partial charge >= 0.3 is 5.97 Å². The van der Waals surface area contributed by atoms with Gasteiger partial charge < -0.3 is 9.72 Å². The van der Waals surface area contributed by atoms with Crippen molar-refractivity contribution >= 4 is 51.3 Å². The van der Waals surface area contributed by atoms with Crippen molar-refractivity contribution < 1.29 is 9.53 Å². The van der Waals surface area contributed by atoms with E-state index in [1.54, 1.807) is 17.8 Å². The van der Waals surface area contributed by atoms with E-state index in [-0.39, 0.29) is 11.4 Å². The zero-order chi connectivity index (χ0) is 18.7. The van der Waals surface area contributed by atoms with E-state index in [9.17, 15) is 9.59 Å². The maximum Gasteiger partial charge on any atom is 0.337 e. The lowest BCUT2D eigenvalue weighted by atomic mass is 10.1. The van der Waals surface area contributed by atoms with Crippen LogP contribution in [0.2, 0.25) is 0 Å². The Morgan fingerprint density at radius 1 is 1.23 bits per heavy atom. The topological polar surface area (TPSA) is 72.1 Å². The number of hydrogen-bond acceptors (Lipinski definition) is 5. The first-order chi connectivity index (χ1) is 12.5. The number of benzene rings is 2. The predicted molar refractivity (Wildman–Crippen MR) is 106 cm³/mol. The zero-order valence-electron chi connectivity index (χ0n) is 14.1. The van der Waals surface area contributed by atoms with Crippen LogP contribution in [-0.2, 0) is 4.74 Å². The van der Waals surface area contributed by atoms with E-state index in [2.05, 4.69) is 9.97 Å². The standard InChI is InChI=1S/C19H15ClN2O3S/c1-25-19(24)12-5-8-14-16(10-12)21-17(22-18(14)23)15(20)9-11-3-6-13(26-2)7-4-11/h3-10H,1-2H3,(H,21,22,23)/b15-9-. The number of ether oxygens (including phenoxy) is 1. The van der Waals surface area contributed by atoms with Crippen molar-refractivity contribution in [2.24, 2.45) is 0 Å². The Balaban J connectivity index is 2.04. The summed E-state index contributed by atoms with van der Waals surface area (Å²) < 4.78 is 4.70. The van der Waals surface area contributed by atoms with Crippen molar-refractivity contribution in [1.29, 1.82) is 0 Å². The van der Waals surface area contributed by atoms with Gasteiger partial charge in [-0.1, -0.05) is 23.7 Å². The molecule has 0 spiro atoms. The van der Waals surface area contributed by atoms with E-state index in [1.165, 1.54) is 25.3 Å². The number of nitrogens with one attached hydrogen (secondary N) is 1. The minimum atomic E-state index is -0.494. The van der Waals surface area contributed by atoms with Crippen molar-refractivity contribution in [2.75, 3.05) is 13.4 Å². The number of aromatic amines is 1. The van der Waals surface area contributed by atoms with Gasteiger partial charge in [-0.05, 0) is 48.2 Å². The van der Waals surface area contributed by atoms with Crippen LogP contribution in [0.4, 0.5) is 0 Å². The van der Waals surface area contributed by atoms with Gasteiger partial charge in [-0.3, -0.25) is 4.79 Å². The highest BCUT2D eigenvalue weighted by Gasteiger charge is 2.11. The summed E-state index contributed by atoms with van der Waals surface area (Å²) in [5, 5.41) is 0.666. The third-order valence-electron chi connectivity index (χ3n) is 3.76. The van der Waals surface area contributed by atoms with Crippen LogP contribution in [0.25, 0.3) is 22.0 Å². The molecule has 0 unspecified atom stereocenters. The fourth-order valence-corrected chi connectivity index (χ4v) is 3.04. The lowest BCUT2D eigenvalue weighted by Gasteiger charge is -2.04. The average molecular weight is 387 g/mol. The first-order valence-electron chi connectivity index (χ1n) is 7.66. The van der Waals surface area contributed by atoms with Crippen LogP contribution >= 0.6 is 23.4 Å². The van der Waals surface area contributed by atoms with Crippen LogP contribution in [-0.4, -0.2) is 29.3 Å². The summed E-state index contributed by atoms with van der Waals surface area (Å²) in [7, 11) is 1.30. The van der Waals surface area contributed by atoms with Gasteiger partial charge in [0.25, 0.3) is 5.56 Å². The third kappa shape index (κ3) is 3.81. The molecule has 3 aromatic rings. The molecule has 0 aliphatic heterocycles. The minimum Gasteiger partial charge on any atom is -0.465 e. The monoisotopic (exact) mass is 386 g/mol. The fourth-order valence-electron chi connectivity index (χ4n) is 2.41. The Morgan fingerprint density at radius 3 is 2.62 bits per heavy atom. The van der Waals surface area contributed by atoms with Gasteiger partial charge in [0.1, 0.15) is 0 Å². The van der Waals surface area contributed by atoms with E-state index in [1.807, 2.05) is 30.5 Å². The molecule has 0 atom stereocenters. The van der Waals surface area contributed by atoms with Crippen molar-refractivity contribution in [1.82, 2.24) is 9.97 Å². The zero-order valence-corrected chi connectivity index (χ0v) is 15.6. The van der Waals surface area contributed by atoms with Crippen LogP contribution < -0.4 is 5.56 Å². The average Bonchev–Trinajstić information content (AvgIpc) is 2.67. The molecule has 132 valence electrons. The molecule has 0 amide bonds. The number of rotatable bonds is 4. The summed E-state index contributed by atoms with van der Waals surface area (Å²) in [6, 6.07) is 12.4. The Morgan fingerprint density at radius 2 is 1.96 bits per heavy atom. The molecule has 7 heteroatoms. The van der Waals surface area contributed by atoms with Crippen molar-refractivity contribution in [3.63, 3.8) is 0 Å². The smallest absolute Gasteiger partial charge is 0.337 e. The summed E-state index contributed by atoms with van der Waals surface area (Å²) in [5.41, 5.74) is 1.25. The first-order valence-corrected chi connectivity index (χ1v) is 9.26. The van der Waals surface area contributed by atoms with Crippen LogP contribution in [0.1, 0.15) is 21.7 Å². The number of methoxy groups -OCH3 is 1. The maximum absolute atomic E-state index is 12.3. The number of hydrogen-bond donors (Lipinski definition) is 1. The summed E-state index contributed by atoms with van der Waals surface area (Å²) in [5.74, 6) is -0.258. The van der Waals surface area contributed by atoms with Gasteiger partial charge in [0.2, 0.25) is 0 Å². The Hall–Kier alpha value is -2.57. The summed E-state index contributed by atoms with van der Waals surface area (Å²) in [6.45, 7) is 0. The third-order valence-corrected chi connectivity index (χ3v) is 4.79. The molecule has 0 fully saturated rings. The second kappa shape index (κ2) is 7.76. The molecule has 3 rings (SSSR count). The molecule has 0 aliphatic carbocycles. The Bertz CT molecular complexity index is 1060. The second-order valence-corrected chi connectivity index (χ2v) is 6.69. The van der Waals surface area contributed by atoms with E-state index >= 15 is 0 Å². The molecule has 0 saturated heterocycles. The number of carbonyl (C=O) groups is 1. The van der Waals surface area contributed by atoms with Gasteiger partial charge in [0.05, 0.1) is 28.6 Å². The quantitative estimate of drug-likeness (QED) is 0.538. The van der Waals surface area contributed by atoms with E-state index in [4.69, 9.17) is 16.3 Å². The first kappa shape index (κ1) is 18.2. The molecule has 0 saturated carbocycles. The molecule has 2 aromatic carbocycles. The normalized spacial score (nSPS) is 11.6. The van der Waals surface area contributed by atoms with Gasteiger partial charge in [-0.15, -0.1) is 11.8 Å². The maximum atomic E-state index is 12.3.